The maximum absolute atomic E-state index is 12.8. The molecule has 2 heterocycles. The first-order valence-electron chi connectivity index (χ1n) is 8.75. The zero-order chi connectivity index (χ0) is 17.6. The Kier molecular flexibility index (Phi) is 5.71. The normalized spacial score (nSPS) is 16.9. The minimum Gasteiger partial charge on any atom is -0.508 e. The van der Waals surface area contributed by atoms with Crippen LogP contribution < -0.4 is 0 Å². The van der Waals surface area contributed by atoms with E-state index in [1.54, 1.807) is 27.9 Å². The zero-order valence-corrected chi connectivity index (χ0v) is 14.6. The summed E-state index contributed by atoms with van der Waals surface area (Å²) in [6, 6.07) is 7.17. The first kappa shape index (κ1) is 17.5. The molecular weight excluding hydrogens is 318 g/mol. The number of para-hydroxylation sites is 1. The summed E-state index contributed by atoms with van der Waals surface area (Å²) in [7, 11) is 1.87. The van der Waals surface area contributed by atoms with Crippen molar-refractivity contribution in [1.82, 2.24) is 14.7 Å². The Bertz CT molecular complexity index is 707. The van der Waals surface area contributed by atoms with Crippen LogP contribution in [0.5, 0.6) is 5.75 Å². The number of aromatic hydroxyl groups is 1. The van der Waals surface area contributed by atoms with Crippen LogP contribution in [0.15, 0.2) is 36.7 Å². The number of ether oxygens (including phenoxy) is 1. The molecular formula is C19H25N3O3. The van der Waals surface area contributed by atoms with E-state index in [-0.39, 0.29) is 17.8 Å². The number of aryl methyl sites for hydroxylation is 2. The molecule has 1 atom stereocenters. The van der Waals surface area contributed by atoms with Crippen LogP contribution in [0.4, 0.5) is 0 Å². The summed E-state index contributed by atoms with van der Waals surface area (Å²) in [6.45, 7) is 1.73. The Morgan fingerprint density at radius 2 is 2.28 bits per heavy atom. The van der Waals surface area contributed by atoms with E-state index in [2.05, 4.69) is 5.10 Å². The lowest BCUT2D eigenvalue weighted by Gasteiger charge is -2.26. The highest BCUT2D eigenvalue weighted by Crippen LogP contribution is 2.21. The second kappa shape index (κ2) is 8.16. The van der Waals surface area contributed by atoms with Crippen LogP contribution in [-0.2, 0) is 29.5 Å². The van der Waals surface area contributed by atoms with Gasteiger partial charge in [-0.3, -0.25) is 9.48 Å². The van der Waals surface area contributed by atoms with E-state index in [1.165, 1.54) is 0 Å². The maximum Gasteiger partial charge on any atom is 0.223 e. The number of rotatable bonds is 7. The first-order chi connectivity index (χ1) is 12.1. The van der Waals surface area contributed by atoms with E-state index in [0.717, 1.165) is 30.6 Å². The van der Waals surface area contributed by atoms with Gasteiger partial charge in [-0.05, 0) is 30.9 Å². The fourth-order valence-electron chi connectivity index (χ4n) is 3.15. The number of phenolic OH excluding ortho intramolecular Hbond substituents is 1. The Morgan fingerprint density at radius 1 is 1.44 bits per heavy atom. The van der Waals surface area contributed by atoms with E-state index in [0.29, 0.717) is 25.9 Å². The van der Waals surface area contributed by atoms with Crippen LogP contribution in [0, 0.1) is 0 Å². The van der Waals surface area contributed by atoms with E-state index >= 15 is 0 Å². The van der Waals surface area contributed by atoms with Gasteiger partial charge >= 0.3 is 0 Å². The number of nitrogens with zero attached hydrogens (tertiary/aromatic N) is 3. The van der Waals surface area contributed by atoms with Crippen LogP contribution in [0.3, 0.4) is 0 Å². The zero-order valence-electron chi connectivity index (χ0n) is 14.6. The average molecular weight is 343 g/mol. The van der Waals surface area contributed by atoms with Gasteiger partial charge in [-0.25, -0.2) is 0 Å². The molecule has 25 heavy (non-hydrogen) atoms. The third kappa shape index (κ3) is 4.82. The average Bonchev–Trinajstić information content (AvgIpc) is 3.25. The predicted molar refractivity (Wildman–Crippen MR) is 94.0 cm³/mol. The van der Waals surface area contributed by atoms with Gasteiger partial charge in [-0.15, -0.1) is 0 Å². The lowest BCUT2D eigenvalue weighted by molar-refractivity contribution is -0.133. The Labute approximate surface area is 148 Å². The van der Waals surface area contributed by atoms with Gasteiger partial charge in [0.1, 0.15) is 5.75 Å². The predicted octanol–water partition coefficient (Wildman–Crippen LogP) is 2.27. The molecule has 0 radical (unpaired) electrons. The van der Waals surface area contributed by atoms with Crippen molar-refractivity contribution in [2.24, 2.45) is 7.05 Å². The number of carbonyl (C=O) groups excluding carboxylic acids is 1. The molecule has 1 aliphatic heterocycles. The molecule has 6 nitrogen and oxygen atoms in total. The van der Waals surface area contributed by atoms with Crippen molar-refractivity contribution in [2.45, 2.75) is 38.3 Å². The molecule has 2 aromatic rings. The summed E-state index contributed by atoms with van der Waals surface area (Å²) in [6.07, 6.45) is 6.92. The lowest BCUT2D eigenvalue weighted by atomic mass is 10.1. The van der Waals surface area contributed by atoms with Crippen LogP contribution in [0.1, 0.15) is 30.4 Å². The smallest absolute Gasteiger partial charge is 0.223 e. The molecule has 0 aliphatic carbocycles. The van der Waals surface area contributed by atoms with Gasteiger partial charge in [-0.1, -0.05) is 18.2 Å². The number of hydrogen-bond acceptors (Lipinski definition) is 4. The van der Waals surface area contributed by atoms with Crippen molar-refractivity contribution in [1.29, 1.82) is 0 Å². The minimum atomic E-state index is 0.0719. The van der Waals surface area contributed by atoms with Crippen LogP contribution in [0.25, 0.3) is 0 Å². The van der Waals surface area contributed by atoms with Gasteiger partial charge in [-0.2, -0.15) is 5.10 Å². The van der Waals surface area contributed by atoms with E-state index < -0.39 is 0 Å². The molecule has 3 rings (SSSR count). The maximum atomic E-state index is 12.8. The third-order valence-electron chi connectivity index (χ3n) is 4.54. The molecule has 0 unspecified atom stereocenters. The van der Waals surface area contributed by atoms with Gasteiger partial charge in [0.15, 0.2) is 0 Å². The highest BCUT2D eigenvalue weighted by atomic mass is 16.5. The summed E-state index contributed by atoms with van der Waals surface area (Å²) < 4.78 is 7.44. The minimum absolute atomic E-state index is 0.0719. The standard InChI is InChI=1S/C19H25N3O3/c1-21-12-15(11-20-21)8-9-19(24)22(14-17-6-4-10-25-17)13-16-5-2-3-7-18(16)23/h2-3,5,7,11-12,17,23H,4,6,8-10,13-14H2,1H3/t17-/m0/s1. The summed E-state index contributed by atoms with van der Waals surface area (Å²) in [5.41, 5.74) is 1.81. The van der Waals surface area contributed by atoms with Crippen molar-refractivity contribution >= 4 is 5.91 Å². The molecule has 0 saturated carbocycles. The summed E-state index contributed by atoms with van der Waals surface area (Å²) in [5.74, 6) is 0.294. The number of benzene rings is 1. The fourth-order valence-corrected chi connectivity index (χ4v) is 3.15. The Hall–Kier alpha value is -2.34. The highest BCUT2D eigenvalue weighted by molar-refractivity contribution is 5.76. The summed E-state index contributed by atoms with van der Waals surface area (Å²) in [4.78, 5) is 14.6. The van der Waals surface area contributed by atoms with Crippen molar-refractivity contribution in [3.8, 4) is 5.75 Å². The molecule has 1 aromatic heterocycles. The van der Waals surface area contributed by atoms with E-state index in [4.69, 9.17) is 4.74 Å². The van der Waals surface area contributed by atoms with Crippen molar-refractivity contribution < 1.29 is 14.6 Å². The molecule has 1 fully saturated rings. The van der Waals surface area contributed by atoms with E-state index in [9.17, 15) is 9.90 Å². The quantitative estimate of drug-likeness (QED) is 0.837. The Morgan fingerprint density at radius 3 is 2.96 bits per heavy atom. The van der Waals surface area contributed by atoms with Gasteiger partial charge in [0.25, 0.3) is 0 Å². The molecule has 6 heteroatoms. The number of amides is 1. The third-order valence-corrected chi connectivity index (χ3v) is 4.54. The van der Waals surface area contributed by atoms with Gasteiger partial charge in [0.2, 0.25) is 5.91 Å². The molecule has 1 saturated heterocycles. The molecule has 1 amide bonds. The second-order valence-corrected chi connectivity index (χ2v) is 6.56. The number of hydrogen-bond donors (Lipinski definition) is 1. The second-order valence-electron chi connectivity index (χ2n) is 6.56. The first-order valence-corrected chi connectivity index (χ1v) is 8.75. The summed E-state index contributed by atoms with van der Waals surface area (Å²) >= 11 is 0. The van der Waals surface area contributed by atoms with Crippen molar-refractivity contribution in [3.63, 3.8) is 0 Å². The molecule has 134 valence electrons. The molecule has 1 aliphatic rings. The molecule has 1 aromatic carbocycles. The molecule has 0 bridgehead atoms. The van der Waals surface area contributed by atoms with Gasteiger partial charge in [0, 0.05) is 44.9 Å². The fraction of sp³-hybridized carbons (Fsp3) is 0.474. The van der Waals surface area contributed by atoms with E-state index in [1.807, 2.05) is 25.4 Å². The van der Waals surface area contributed by atoms with Crippen LogP contribution in [0.2, 0.25) is 0 Å². The van der Waals surface area contributed by atoms with Crippen LogP contribution >= 0.6 is 0 Å². The highest BCUT2D eigenvalue weighted by Gasteiger charge is 2.23. The topological polar surface area (TPSA) is 67.6 Å². The number of phenols is 1. The molecule has 0 spiro atoms. The molecule has 1 N–H and O–H groups in total. The van der Waals surface area contributed by atoms with Gasteiger partial charge < -0.3 is 14.7 Å². The van der Waals surface area contributed by atoms with Gasteiger partial charge in [0.05, 0.1) is 12.3 Å². The number of carbonyl (C=O) groups is 1. The lowest BCUT2D eigenvalue weighted by Crippen LogP contribution is -2.37. The SMILES string of the molecule is Cn1cc(CCC(=O)N(Cc2ccccc2O)C[C@@H]2CCCO2)cn1. The monoisotopic (exact) mass is 343 g/mol. The van der Waals surface area contributed by atoms with Crippen molar-refractivity contribution in [2.75, 3.05) is 13.2 Å². The van der Waals surface area contributed by atoms with Crippen LogP contribution in [-0.4, -0.2) is 44.9 Å². The largest absolute Gasteiger partial charge is 0.508 e. The summed E-state index contributed by atoms with van der Waals surface area (Å²) in [5, 5.41) is 14.2. The number of aromatic nitrogens is 2. The van der Waals surface area contributed by atoms with Crippen molar-refractivity contribution in [3.05, 3.63) is 47.8 Å². The Balaban J connectivity index is 1.65.